The van der Waals surface area contributed by atoms with Gasteiger partial charge < -0.3 is 28.4 Å². The van der Waals surface area contributed by atoms with Gasteiger partial charge in [0.2, 0.25) is 0 Å². The number of thioether (sulfide) groups is 1. The van der Waals surface area contributed by atoms with Gasteiger partial charge in [0.15, 0.2) is 18.3 Å². The highest BCUT2D eigenvalue weighted by Crippen LogP contribution is 2.45. The van der Waals surface area contributed by atoms with Crippen LogP contribution in [0, 0.1) is 6.92 Å². The molecule has 4 aromatic carbocycles. The lowest BCUT2D eigenvalue weighted by Gasteiger charge is -2.44. The second-order valence-electron chi connectivity index (χ2n) is 14.6. The van der Waals surface area contributed by atoms with Crippen molar-refractivity contribution in [3.63, 3.8) is 0 Å². The number of ether oxygens (including phenoxy) is 6. The molecule has 4 aromatic rings. The molecule has 2 aliphatic rings. The second kappa shape index (κ2) is 17.2. The Morgan fingerprint density at radius 2 is 1.44 bits per heavy atom. The Morgan fingerprint density at radius 3 is 2.07 bits per heavy atom. The van der Waals surface area contributed by atoms with Crippen LogP contribution in [0.25, 0.3) is 11.1 Å². The quantitative estimate of drug-likeness (QED) is 0.0791. The molecule has 6 rings (SSSR count). The van der Waals surface area contributed by atoms with Crippen LogP contribution in [-0.2, 0) is 38.6 Å². The van der Waals surface area contributed by atoms with Crippen LogP contribution in [-0.4, -0.2) is 68.3 Å². The van der Waals surface area contributed by atoms with Crippen LogP contribution >= 0.6 is 11.8 Å². The van der Waals surface area contributed by atoms with Gasteiger partial charge in [0, 0.05) is 17.4 Å². The Bertz CT molecular complexity index is 1890. The van der Waals surface area contributed by atoms with Crippen LogP contribution in [0.3, 0.4) is 0 Å². The van der Waals surface area contributed by atoms with Gasteiger partial charge in [-0.2, -0.15) is 0 Å². The third-order valence-corrected chi connectivity index (χ3v) is 11.2. The zero-order chi connectivity index (χ0) is 38.4. The van der Waals surface area contributed by atoms with Gasteiger partial charge in [-0.05, 0) is 70.3 Å². The minimum absolute atomic E-state index is 0.00101. The van der Waals surface area contributed by atoms with Crippen molar-refractivity contribution >= 4 is 29.9 Å². The van der Waals surface area contributed by atoms with Crippen molar-refractivity contribution in [1.82, 2.24) is 0 Å². The highest BCUT2D eigenvalue weighted by atomic mass is 32.2. The highest BCUT2D eigenvalue weighted by Gasteiger charge is 2.54. The fourth-order valence-corrected chi connectivity index (χ4v) is 8.06. The van der Waals surface area contributed by atoms with Crippen molar-refractivity contribution in [2.24, 2.45) is 0 Å². The monoisotopic (exact) mass is 752 g/mol. The van der Waals surface area contributed by atoms with Crippen LogP contribution in [0.2, 0.25) is 0 Å². The lowest BCUT2D eigenvalue weighted by Crippen LogP contribution is -2.62. The van der Waals surface area contributed by atoms with E-state index in [4.69, 9.17) is 28.4 Å². The van der Waals surface area contributed by atoms with Crippen molar-refractivity contribution in [2.75, 3.05) is 20.3 Å². The Kier molecular flexibility index (Phi) is 12.5. The molecule has 1 aliphatic heterocycles. The van der Waals surface area contributed by atoms with Crippen LogP contribution in [0.1, 0.15) is 79.1 Å². The molecule has 0 bridgehead atoms. The Balaban J connectivity index is 1.33. The summed E-state index contributed by atoms with van der Waals surface area (Å²) >= 11 is 1.32. The minimum Gasteiger partial charge on any atom is -0.467 e. The number of methoxy groups -OCH3 is 1. The smallest absolute Gasteiger partial charge is 0.467 e. The fraction of sp³-hybridized carbons (Fsp3) is 0.386. The summed E-state index contributed by atoms with van der Waals surface area (Å²) in [6.45, 7) is 10.6. The number of rotatable bonds is 12. The molecule has 0 amide bonds. The Labute approximate surface area is 321 Å². The van der Waals surface area contributed by atoms with Crippen molar-refractivity contribution in [2.45, 2.75) is 93.5 Å². The molecule has 284 valence electrons. The van der Waals surface area contributed by atoms with Crippen molar-refractivity contribution in [1.29, 1.82) is 0 Å². The number of hydrogen-bond donors (Lipinski definition) is 0. The maximum atomic E-state index is 13.7. The molecule has 0 spiro atoms. The molecule has 0 saturated carbocycles. The van der Waals surface area contributed by atoms with E-state index in [2.05, 4.69) is 45.0 Å². The minimum atomic E-state index is -1.42. The van der Waals surface area contributed by atoms with E-state index in [-0.39, 0.29) is 24.5 Å². The summed E-state index contributed by atoms with van der Waals surface area (Å²) in [4.78, 5) is 41.8. The maximum Gasteiger partial charge on any atom is 0.508 e. The number of aryl methyl sites for hydroxylation is 1. The average Bonchev–Trinajstić information content (AvgIpc) is 3.49. The lowest BCUT2D eigenvalue weighted by molar-refractivity contribution is -0.224. The molecule has 9 nitrogen and oxygen atoms in total. The van der Waals surface area contributed by atoms with Crippen molar-refractivity contribution in [3.05, 3.63) is 125 Å². The SMILES string of the molecule is CCCCOC1[C@H](OC(=O)OCC2c3ccccc3-c3ccccc32)C(C(=O)OC)O[C@@H](Sc2cc(C(C)(C)C)ccc2C)[C@H]1OC(=O)c1ccccc1. The first-order valence-corrected chi connectivity index (χ1v) is 19.3. The van der Waals surface area contributed by atoms with E-state index in [9.17, 15) is 14.4 Å². The molecule has 0 aromatic heterocycles. The molecule has 1 aliphatic carbocycles. The van der Waals surface area contributed by atoms with Gasteiger partial charge in [0.1, 0.15) is 18.1 Å². The number of esters is 2. The third-order valence-electron chi connectivity index (χ3n) is 9.85. The molecule has 1 fully saturated rings. The van der Waals surface area contributed by atoms with E-state index >= 15 is 0 Å². The van der Waals surface area contributed by atoms with Crippen molar-refractivity contribution in [3.8, 4) is 11.1 Å². The highest BCUT2D eigenvalue weighted by molar-refractivity contribution is 7.99. The van der Waals surface area contributed by atoms with Gasteiger partial charge in [-0.15, -0.1) is 0 Å². The van der Waals surface area contributed by atoms with E-state index in [1.807, 2.05) is 56.3 Å². The maximum absolute atomic E-state index is 13.7. The molecule has 0 radical (unpaired) electrons. The summed E-state index contributed by atoms with van der Waals surface area (Å²) in [6, 6.07) is 30.8. The lowest BCUT2D eigenvalue weighted by atomic mass is 9.87. The van der Waals surface area contributed by atoms with E-state index in [1.165, 1.54) is 18.9 Å². The fourth-order valence-electron chi connectivity index (χ4n) is 6.84. The summed E-state index contributed by atoms with van der Waals surface area (Å²) in [6.07, 6.45) is -4.57. The Morgan fingerprint density at radius 1 is 0.796 bits per heavy atom. The predicted molar refractivity (Wildman–Crippen MR) is 207 cm³/mol. The van der Waals surface area contributed by atoms with Crippen LogP contribution in [0.15, 0.2) is 102 Å². The zero-order valence-electron chi connectivity index (χ0n) is 31.6. The van der Waals surface area contributed by atoms with Crippen LogP contribution in [0.5, 0.6) is 0 Å². The number of benzene rings is 4. The van der Waals surface area contributed by atoms with Gasteiger partial charge in [0.25, 0.3) is 0 Å². The normalized spacial score (nSPS) is 20.7. The van der Waals surface area contributed by atoms with E-state index in [0.717, 1.165) is 44.7 Å². The van der Waals surface area contributed by atoms with Gasteiger partial charge in [-0.1, -0.05) is 125 Å². The van der Waals surface area contributed by atoms with Gasteiger partial charge >= 0.3 is 18.1 Å². The molecule has 10 heteroatoms. The molecule has 5 atom stereocenters. The van der Waals surface area contributed by atoms with Crippen LogP contribution < -0.4 is 0 Å². The number of carbonyl (C=O) groups is 3. The average molecular weight is 753 g/mol. The standard InChI is InChI=1S/C44H48O9S/c1-7-8-24-49-36-37(53-43(47)50-26-34-32-20-14-12-18-30(32)31-19-13-15-21-33(31)34)38(41(46)48-6)52-42(39(36)51-40(45)28-16-10-9-11-17-28)54-35-25-29(44(3,4)5)23-22-27(35)2/h9-23,25,34,36-39,42H,7-8,24,26H2,1-6H3/t36?,37-,38?,39-,42-/m0/s1. The molecular formula is C44H48O9S. The molecule has 2 unspecified atom stereocenters. The number of carbonyl (C=O) groups excluding carboxylic acids is 3. The first-order valence-electron chi connectivity index (χ1n) is 18.4. The second-order valence-corrected chi connectivity index (χ2v) is 15.7. The first-order chi connectivity index (χ1) is 26.0. The Hall–Kier alpha value is -4.64. The van der Waals surface area contributed by atoms with E-state index in [0.29, 0.717) is 12.0 Å². The summed E-state index contributed by atoms with van der Waals surface area (Å²) in [5, 5.41) is 0. The van der Waals surface area contributed by atoms with Gasteiger partial charge in [-0.25, -0.2) is 14.4 Å². The van der Waals surface area contributed by atoms with Crippen molar-refractivity contribution < 1.29 is 42.8 Å². The number of hydrogen-bond acceptors (Lipinski definition) is 10. The molecule has 1 saturated heterocycles. The van der Waals surface area contributed by atoms with Crippen LogP contribution in [0.4, 0.5) is 4.79 Å². The van der Waals surface area contributed by atoms with E-state index in [1.54, 1.807) is 30.3 Å². The summed E-state index contributed by atoms with van der Waals surface area (Å²) in [7, 11) is 1.24. The molecule has 1 heterocycles. The topological polar surface area (TPSA) is 107 Å². The van der Waals surface area contributed by atoms with Gasteiger partial charge in [-0.3, -0.25) is 0 Å². The number of fused-ring (bicyclic) bond motifs is 3. The summed E-state index contributed by atoms with van der Waals surface area (Å²) in [5.41, 5.74) is 5.55. The van der Waals surface area contributed by atoms with Gasteiger partial charge in [0.05, 0.1) is 12.7 Å². The number of unbranched alkanes of at least 4 members (excludes halogenated alkanes) is 1. The molecular weight excluding hydrogens is 705 g/mol. The van der Waals surface area contributed by atoms with E-state index < -0.39 is 47.9 Å². The first kappa shape index (κ1) is 39.1. The predicted octanol–water partition coefficient (Wildman–Crippen LogP) is 9.03. The largest absolute Gasteiger partial charge is 0.508 e. The molecule has 0 N–H and O–H groups in total. The zero-order valence-corrected chi connectivity index (χ0v) is 32.4. The summed E-state index contributed by atoms with van der Waals surface area (Å²) in [5.74, 6) is -1.60. The third kappa shape index (κ3) is 8.67. The summed E-state index contributed by atoms with van der Waals surface area (Å²) < 4.78 is 36.2. The molecule has 54 heavy (non-hydrogen) atoms.